The van der Waals surface area contributed by atoms with Gasteiger partial charge in [0.15, 0.2) is 5.82 Å². The molecule has 0 bridgehead atoms. The zero-order chi connectivity index (χ0) is 17.2. The van der Waals surface area contributed by atoms with Gasteiger partial charge in [-0.15, -0.1) is 10.2 Å². The number of pyridine rings is 1. The van der Waals surface area contributed by atoms with Gasteiger partial charge in [0, 0.05) is 31.6 Å². The topological polar surface area (TPSA) is 56.1 Å². The van der Waals surface area contributed by atoms with E-state index in [2.05, 4.69) is 50.9 Å². The Kier molecular flexibility index (Phi) is 4.46. The third kappa shape index (κ3) is 3.15. The van der Waals surface area contributed by atoms with Crippen molar-refractivity contribution in [1.82, 2.24) is 24.6 Å². The molecule has 2 aromatic heterocycles. The predicted molar refractivity (Wildman–Crippen MR) is 95.9 cm³/mol. The highest BCUT2D eigenvalue weighted by atomic mass is 16.5. The molecule has 4 rings (SSSR count). The Morgan fingerprint density at radius 1 is 1.12 bits per heavy atom. The van der Waals surface area contributed by atoms with Crippen LogP contribution in [0.15, 0.2) is 36.4 Å². The fourth-order valence-corrected chi connectivity index (χ4v) is 3.41. The molecular weight excluding hydrogens is 314 g/mol. The molecule has 0 fully saturated rings. The van der Waals surface area contributed by atoms with Crippen molar-refractivity contribution >= 4 is 10.9 Å². The average Bonchev–Trinajstić information content (AvgIpc) is 3.06. The number of para-hydroxylation sites is 1. The molecule has 130 valence electrons. The van der Waals surface area contributed by atoms with Crippen LogP contribution in [0.4, 0.5) is 0 Å². The molecule has 0 spiro atoms. The van der Waals surface area contributed by atoms with E-state index in [0.717, 1.165) is 42.5 Å². The molecule has 1 aliphatic rings. The highest BCUT2D eigenvalue weighted by Gasteiger charge is 2.28. The van der Waals surface area contributed by atoms with Gasteiger partial charge in [-0.05, 0) is 26.0 Å². The van der Waals surface area contributed by atoms with E-state index in [4.69, 9.17) is 9.72 Å². The Bertz CT molecular complexity index is 875. The standard InChI is InChI=1S/C19H23N5O/c1-3-25-13-18-21-22-19-14(2)23(10-11-24(18)19)12-16-9-8-15-6-4-5-7-17(15)20-16/h4-9,14H,3,10-13H2,1-2H3/t14-/m0/s1. The summed E-state index contributed by atoms with van der Waals surface area (Å²) in [6, 6.07) is 12.7. The lowest BCUT2D eigenvalue weighted by atomic mass is 10.1. The zero-order valence-electron chi connectivity index (χ0n) is 14.7. The van der Waals surface area contributed by atoms with Crippen LogP contribution in [0, 0.1) is 0 Å². The molecular formula is C19H23N5O. The molecule has 1 aliphatic heterocycles. The van der Waals surface area contributed by atoms with Crippen molar-refractivity contribution in [2.24, 2.45) is 0 Å². The quantitative estimate of drug-likeness (QED) is 0.716. The van der Waals surface area contributed by atoms with Gasteiger partial charge in [-0.3, -0.25) is 9.88 Å². The van der Waals surface area contributed by atoms with E-state index in [9.17, 15) is 0 Å². The number of benzene rings is 1. The van der Waals surface area contributed by atoms with Gasteiger partial charge in [0.05, 0.1) is 17.3 Å². The number of fused-ring (bicyclic) bond motifs is 2. The predicted octanol–water partition coefficient (Wildman–Crippen LogP) is 2.94. The van der Waals surface area contributed by atoms with Crippen LogP contribution < -0.4 is 0 Å². The molecule has 6 nitrogen and oxygen atoms in total. The highest BCUT2D eigenvalue weighted by molar-refractivity contribution is 5.78. The van der Waals surface area contributed by atoms with Crippen LogP contribution >= 0.6 is 0 Å². The van der Waals surface area contributed by atoms with Crippen LogP contribution in [0.2, 0.25) is 0 Å². The van der Waals surface area contributed by atoms with E-state index in [1.807, 2.05) is 19.1 Å². The first-order valence-corrected chi connectivity index (χ1v) is 8.84. The highest BCUT2D eigenvalue weighted by Crippen LogP contribution is 2.26. The Balaban J connectivity index is 1.52. The lowest BCUT2D eigenvalue weighted by molar-refractivity contribution is 0.117. The van der Waals surface area contributed by atoms with Gasteiger partial charge >= 0.3 is 0 Å². The molecule has 25 heavy (non-hydrogen) atoms. The molecule has 0 saturated heterocycles. The maximum Gasteiger partial charge on any atom is 0.159 e. The van der Waals surface area contributed by atoms with Crippen LogP contribution in [0.25, 0.3) is 10.9 Å². The summed E-state index contributed by atoms with van der Waals surface area (Å²) in [6.07, 6.45) is 0. The van der Waals surface area contributed by atoms with Crippen molar-refractivity contribution < 1.29 is 4.74 Å². The number of nitrogens with zero attached hydrogens (tertiary/aromatic N) is 5. The largest absolute Gasteiger partial charge is 0.374 e. The van der Waals surface area contributed by atoms with Crippen molar-refractivity contribution in [2.75, 3.05) is 13.2 Å². The second-order valence-electron chi connectivity index (χ2n) is 6.40. The minimum absolute atomic E-state index is 0.213. The molecule has 0 N–H and O–H groups in total. The molecule has 1 atom stereocenters. The van der Waals surface area contributed by atoms with Gasteiger partial charge in [-0.1, -0.05) is 24.3 Å². The third-order valence-corrected chi connectivity index (χ3v) is 4.84. The normalized spacial score (nSPS) is 17.8. The molecule has 6 heteroatoms. The minimum atomic E-state index is 0.213. The first kappa shape index (κ1) is 16.2. The van der Waals surface area contributed by atoms with Crippen molar-refractivity contribution in [3.63, 3.8) is 0 Å². The first-order valence-electron chi connectivity index (χ1n) is 8.84. The van der Waals surface area contributed by atoms with Crippen LogP contribution in [-0.4, -0.2) is 37.8 Å². The Morgan fingerprint density at radius 3 is 2.88 bits per heavy atom. The summed E-state index contributed by atoms with van der Waals surface area (Å²) in [5, 5.41) is 9.90. The fourth-order valence-electron chi connectivity index (χ4n) is 3.41. The summed E-state index contributed by atoms with van der Waals surface area (Å²) >= 11 is 0. The molecule has 1 aromatic carbocycles. The Labute approximate surface area is 147 Å². The molecule has 0 saturated carbocycles. The minimum Gasteiger partial charge on any atom is -0.374 e. The molecule has 3 aromatic rings. The van der Waals surface area contributed by atoms with Gasteiger partial charge in [0.2, 0.25) is 0 Å². The lowest BCUT2D eigenvalue weighted by Crippen LogP contribution is -2.37. The van der Waals surface area contributed by atoms with E-state index in [1.165, 1.54) is 5.39 Å². The van der Waals surface area contributed by atoms with Crippen LogP contribution in [0.5, 0.6) is 0 Å². The Hall–Kier alpha value is -2.31. The Morgan fingerprint density at radius 2 is 2.00 bits per heavy atom. The van der Waals surface area contributed by atoms with Crippen molar-refractivity contribution in [3.8, 4) is 0 Å². The number of rotatable bonds is 5. The summed E-state index contributed by atoms with van der Waals surface area (Å²) in [5.41, 5.74) is 2.14. The lowest BCUT2D eigenvalue weighted by Gasteiger charge is -2.33. The first-order chi connectivity index (χ1) is 12.3. The van der Waals surface area contributed by atoms with Crippen LogP contribution in [0.3, 0.4) is 0 Å². The summed E-state index contributed by atoms with van der Waals surface area (Å²) in [5.74, 6) is 1.94. The summed E-state index contributed by atoms with van der Waals surface area (Å²) in [6.45, 7) is 8.07. The monoisotopic (exact) mass is 337 g/mol. The maximum atomic E-state index is 5.50. The van der Waals surface area contributed by atoms with Gasteiger partial charge < -0.3 is 9.30 Å². The van der Waals surface area contributed by atoms with Gasteiger partial charge in [0.1, 0.15) is 12.4 Å². The van der Waals surface area contributed by atoms with E-state index in [1.54, 1.807) is 0 Å². The van der Waals surface area contributed by atoms with Crippen molar-refractivity contribution in [1.29, 1.82) is 0 Å². The summed E-state index contributed by atoms with van der Waals surface area (Å²) in [7, 11) is 0. The molecule has 3 heterocycles. The van der Waals surface area contributed by atoms with E-state index >= 15 is 0 Å². The van der Waals surface area contributed by atoms with Crippen LogP contribution in [0.1, 0.15) is 37.2 Å². The number of ether oxygens (including phenoxy) is 1. The SMILES string of the molecule is CCOCc1nnc2n1CCN(Cc1ccc3ccccc3n1)[C@H]2C. The molecule has 0 unspecified atom stereocenters. The third-order valence-electron chi connectivity index (χ3n) is 4.84. The van der Waals surface area contributed by atoms with E-state index in [0.29, 0.717) is 13.2 Å². The molecule has 0 amide bonds. The second-order valence-corrected chi connectivity index (χ2v) is 6.40. The number of aromatic nitrogens is 4. The molecule has 0 aliphatic carbocycles. The maximum absolute atomic E-state index is 5.50. The smallest absolute Gasteiger partial charge is 0.159 e. The van der Waals surface area contributed by atoms with E-state index in [-0.39, 0.29) is 6.04 Å². The van der Waals surface area contributed by atoms with Gasteiger partial charge in [-0.2, -0.15) is 0 Å². The number of hydrogen-bond acceptors (Lipinski definition) is 5. The van der Waals surface area contributed by atoms with Crippen molar-refractivity contribution in [2.45, 2.75) is 39.6 Å². The fraction of sp³-hybridized carbons (Fsp3) is 0.421. The summed E-state index contributed by atoms with van der Waals surface area (Å²) < 4.78 is 7.69. The zero-order valence-corrected chi connectivity index (χ0v) is 14.7. The van der Waals surface area contributed by atoms with E-state index < -0.39 is 0 Å². The summed E-state index contributed by atoms with van der Waals surface area (Å²) in [4.78, 5) is 7.21. The number of hydrogen-bond donors (Lipinski definition) is 0. The molecule has 0 radical (unpaired) electrons. The van der Waals surface area contributed by atoms with Gasteiger partial charge in [-0.25, -0.2) is 0 Å². The van der Waals surface area contributed by atoms with Gasteiger partial charge in [0.25, 0.3) is 0 Å². The average molecular weight is 337 g/mol. The van der Waals surface area contributed by atoms with Crippen molar-refractivity contribution in [3.05, 3.63) is 53.7 Å². The van der Waals surface area contributed by atoms with Crippen LogP contribution in [-0.2, 0) is 24.4 Å². The second kappa shape index (κ2) is 6.90.